The fraction of sp³-hybridized carbons (Fsp3) is 0.208. The van der Waals surface area contributed by atoms with E-state index in [1.54, 1.807) is 0 Å². The maximum Gasteiger partial charge on any atom is 0.506 e. The molecule has 0 bridgehead atoms. The molecule has 34 heavy (non-hydrogen) atoms. The highest BCUT2D eigenvalue weighted by atomic mass is 79.9. The largest absolute Gasteiger partial charge is 0.506 e. The van der Waals surface area contributed by atoms with Crippen LogP contribution in [0.4, 0.5) is 10.5 Å². The van der Waals surface area contributed by atoms with Crippen LogP contribution in [-0.2, 0) is 9.53 Å². The van der Waals surface area contributed by atoms with Gasteiger partial charge in [-0.15, -0.1) is 11.3 Å². The molecule has 1 unspecified atom stereocenters. The van der Waals surface area contributed by atoms with Crippen LogP contribution >= 0.6 is 39.2 Å². The molecule has 176 valence electrons. The molecule has 0 aliphatic heterocycles. The third-order valence-corrected chi connectivity index (χ3v) is 7.57. The zero-order chi connectivity index (χ0) is 24.2. The second-order valence-electron chi connectivity index (χ2n) is 7.36. The van der Waals surface area contributed by atoms with Crippen LogP contribution in [-0.4, -0.2) is 34.9 Å². The first-order valence-electron chi connectivity index (χ1n) is 10.5. The number of thiazole rings is 1. The highest BCUT2D eigenvalue weighted by molar-refractivity contribution is 9.10. The van der Waals surface area contributed by atoms with E-state index in [0.717, 1.165) is 49.6 Å². The third kappa shape index (κ3) is 5.45. The number of anilines is 1. The number of amides is 1. The average Bonchev–Trinajstić information content (AvgIpc) is 3.20. The molecule has 1 heterocycles. The second kappa shape index (κ2) is 10.6. The molecule has 1 N–H and O–H groups in total. The van der Waals surface area contributed by atoms with E-state index >= 15 is 0 Å². The third-order valence-electron chi connectivity index (χ3n) is 4.85. The van der Waals surface area contributed by atoms with Crippen molar-refractivity contribution in [2.45, 2.75) is 30.7 Å². The smallest absolute Gasteiger partial charge is 0.492 e. The maximum absolute atomic E-state index is 13.2. The summed E-state index contributed by atoms with van der Waals surface area (Å²) < 4.78 is 14.3. The molecule has 0 saturated carbocycles. The number of fused-ring (bicyclic) bond motifs is 2. The van der Waals surface area contributed by atoms with Crippen molar-refractivity contribution >= 4 is 78.0 Å². The Morgan fingerprint density at radius 1 is 1.18 bits per heavy atom. The van der Waals surface area contributed by atoms with Gasteiger partial charge in [-0.2, -0.15) is 0 Å². The fourth-order valence-electron chi connectivity index (χ4n) is 3.24. The van der Waals surface area contributed by atoms with Crippen LogP contribution in [0, 0.1) is 0 Å². The Labute approximate surface area is 212 Å². The van der Waals surface area contributed by atoms with Gasteiger partial charge in [0, 0.05) is 18.0 Å². The molecule has 1 atom stereocenters. The fourth-order valence-corrected chi connectivity index (χ4v) is 5.79. The van der Waals surface area contributed by atoms with E-state index in [-0.39, 0.29) is 0 Å². The zero-order valence-electron chi connectivity index (χ0n) is 18.4. The van der Waals surface area contributed by atoms with Crippen molar-refractivity contribution in [3.63, 3.8) is 0 Å². The van der Waals surface area contributed by atoms with Crippen molar-refractivity contribution < 1.29 is 24.2 Å². The van der Waals surface area contributed by atoms with Gasteiger partial charge in [-0.3, -0.25) is 4.79 Å². The molecule has 0 aliphatic carbocycles. The van der Waals surface area contributed by atoms with E-state index in [1.807, 2.05) is 61.5 Å². The van der Waals surface area contributed by atoms with Gasteiger partial charge in [-0.05, 0) is 58.2 Å². The summed E-state index contributed by atoms with van der Waals surface area (Å²) in [6.07, 6.45) is -1.80. The Kier molecular flexibility index (Phi) is 7.60. The molecule has 0 aliphatic rings. The van der Waals surface area contributed by atoms with Gasteiger partial charge >= 0.3 is 6.16 Å². The molecule has 3 aromatic carbocycles. The number of hydrogen-bond donors (Lipinski definition) is 1. The van der Waals surface area contributed by atoms with E-state index in [4.69, 9.17) is 14.6 Å². The molecule has 0 saturated heterocycles. The first-order chi connectivity index (χ1) is 16.4. The molecule has 0 spiro atoms. The summed E-state index contributed by atoms with van der Waals surface area (Å²) in [5.41, 5.74) is 1.37. The van der Waals surface area contributed by atoms with Gasteiger partial charge in [-0.25, -0.2) is 14.1 Å². The van der Waals surface area contributed by atoms with Gasteiger partial charge in [-0.1, -0.05) is 37.3 Å². The summed E-state index contributed by atoms with van der Waals surface area (Å²) in [4.78, 5) is 28.9. The van der Waals surface area contributed by atoms with E-state index in [9.17, 15) is 9.59 Å². The number of ether oxygens (including phenoxy) is 2. The molecule has 1 aromatic heterocycles. The summed E-state index contributed by atoms with van der Waals surface area (Å²) in [6, 6.07) is 17.2. The van der Waals surface area contributed by atoms with Gasteiger partial charge in [0.1, 0.15) is 5.75 Å². The van der Waals surface area contributed by atoms with Crippen molar-refractivity contribution in [2.24, 2.45) is 0 Å². The minimum atomic E-state index is -1.51. The Morgan fingerprint density at radius 3 is 2.68 bits per heavy atom. The molecule has 10 heteroatoms. The summed E-state index contributed by atoms with van der Waals surface area (Å²) in [7, 11) is 0. The first kappa shape index (κ1) is 24.3. The Bertz CT molecular complexity index is 1360. The number of nitrogens with zero attached hydrogens (tertiary/aromatic N) is 2. The van der Waals surface area contributed by atoms with Gasteiger partial charge in [0.15, 0.2) is 10.4 Å². The van der Waals surface area contributed by atoms with Crippen molar-refractivity contribution in [3.8, 4) is 5.75 Å². The molecule has 4 aromatic rings. The summed E-state index contributed by atoms with van der Waals surface area (Å²) >= 11 is 6.08. The molecule has 0 fully saturated rings. The van der Waals surface area contributed by atoms with Crippen LogP contribution in [0.25, 0.3) is 21.0 Å². The van der Waals surface area contributed by atoms with Crippen LogP contribution in [0.5, 0.6) is 5.75 Å². The molecular formula is C24H21BrN2O5S2. The monoisotopic (exact) mass is 560 g/mol. The van der Waals surface area contributed by atoms with Crippen LogP contribution in [0.1, 0.15) is 20.3 Å². The number of carbonyl (C=O) groups is 2. The Morgan fingerprint density at radius 2 is 1.94 bits per heavy atom. The minimum absolute atomic E-state index is 0.505. The number of benzene rings is 3. The quantitative estimate of drug-likeness (QED) is 0.181. The average molecular weight is 561 g/mol. The normalized spacial score (nSPS) is 12.0. The topological polar surface area (TPSA) is 89.0 Å². The van der Waals surface area contributed by atoms with Gasteiger partial charge in [0.05, 0.1) is 27.0 Å². The lowest BCUT2D eigenvalue weighted by Crippen LogP contribution is -2.35. The first-order valence-corrected chi connectivity index (χ1v) is 12.9. The lowest BCUT2D eigenvalue weighted by molar-refractivity contribution is -0.125. The number of aromatic nitrogens is 1. The lowest BCUT2D eigenvalue weighted by Gasteiger charge is -2.23. The highest BCUT2D eigenvalue weighted by Crippen LogP contribution is 2.39. The van der Waals surface area contributed by atoms with E-state index in [2.05, 4.69) is 20.9 Å². The maximum atomic E-state index is 13.2. The van der Waals surface area contributed by atoms with Crippen molar-refractivity contribution in [3.05, 3.63) is 59.1 Å². The Balaban J connectivity index is 1.70. The van der Waals surface area contributed by atoms with E-state index < -0.39 is 18.2 Å². The van der Waals surface area contributed by atoms with Gasteiger partial charge < -0.3 is 14.6 Å². The van der Waals surface area contributed by atoms with Crippen LogP contribution in [0.3, 0.4) is 0 Å². The lowest BCUT2D eigenvalue weighted by atomic mass is 10.1. The van der Waals surface area contributed by atoms with E-state index in [1.165, 1.54) is 22.6 Å². The van der Waals surface area contributed by atoms with E-state index in [0.29, 0.717) is 16.6 Å². The van der Waals surface area contributed by atoms with Crippen molar-refractivity contribution in [1.29, 1.82) is 0 Å². The number of halogens is 1. The summed E-state index contributed by atoms with van der Waals surface area (Å²) in [5.74, 6) is 0.232. The van der Waals surface area contributed by atoms with Gasteiger partial charge in [0.25, 0.3) is 5.91 Å². The molecular weight excluding hydrogens is 540 g/mol. The Hall–Kier alpha value is -2.82. The standard InChI is InChI=1S/C24H21BrN2O5S2/c1-3-10-31-20-13-21-19(12-18(20)25)26-23(33-21)34-27(22(28)14(2)32-24(29)30)17-9-8-15-6-4-5-7-16(15)11-17/h4-9,11-14H,3,10H2,1-2H3,(H,29,30). The minimum Gasteiger partial charge on any atom is -0.492 e. The number of hydrogen-bond acceptors (Lipinski definition) is 7. The molecule has 0 radical (unpaired) electrons. The summed E-state index contributed by atoms with van der Waals surface area (Å²) in [5, 5.41) is 11.0. The number of carbonyl (C=O) groups excluding carboxylic acids is 1. The molecule has 7 nitrogen and oxygen atoms in total. The number of carboxylic acid groups (broad SMARTS) is 1. The second-order valence-corrected chi connectivity index (χ2v) is 10.4. The van der Waals surface area contributed by atoms with Crippen LogP contribution < -0.4 is 9.04 Å². The van der Waals surface area contributed by atoms with Crippen LogP contribution in [0.2, 0.25) is 0 Å². The molecule has 4 rings (SSSR count). The SMILES string of the molecule is CCCOc1cc2sc(SN(C(=O)C(C)OC(=O)O)c3ccc4ccccc4c3)nc2cc1Br. The molecule has 1 amide bonds. The zero-order valence-corrected chi connectivity index (χ0v) is 21.6. The number of rotatable bonds is 8. The predicted molar refractivity (Wildman–Crippen MR) is 139 cm³/mol. The summed E-state index contributed by atoms with van der Waals surface area (Å²) in [6.45, 7) is 4.06. The van der Waals surface area contributed by atoms with Crippen molar-refractivity contribution in [2.75, 3.05) is 10.9 Å². The van der Waals surface area contributed by atoms with Crippen LogP contribution in [0.15, 0.2) is 63.4 Å². The highest BCUT2D eigenvalue weighted by Gasteiger charge is 2.28. The van der Waals surface area contributed by atoms with Crippen molar-refractivity contribution in [1.82, 2.24) is 4.98 Å². The van der Waals surface area contributed by atoms with Gasteiger partial charge in [0.2, 0.25) is 0 Å². The predicted octanol–water partition coefficient (Wildman–Crippen LogP) is 7.12.